The van der Waals surface area contributed by atoms with Gasteiger partial charge in [-0.15, -0.1) is 0 Å². The fourth-order valence-electron chi connectivity index (χ4n) is 2.68. The summed E-state index contributed by atoms with van der Waals surface area (Å²) >= 11 is 3.45. The largest absolute Gasteiger partial charge is 0.493 e. The number of hydrogen-bond donors (Lipinski definition) is 0. The minimum absolute atomic E-state index is 0.0298. The fourth-order valence-corrected chi connectivity index (χ4v) is 3.09. The molecule has 0 spiro atoms. The molecule has 0 bridgehead atoms. The Kier molecular flexibility index (Phi) is 8.33. The third kappa shape index (κ3) is 6.12. The molecule has 0 fully saturated rings. The molecule has 0 aliphatic rings. The number of carbonyl (C=O) groups excluding carboxylic acids is 2. The molecule has 29 heavy (non-hydrogen) atoms. The van der Waals surface area contributed by atoms with Crippen LogP contribution in [0.25, 0.3) is 0 Å². The van der Waals surface area contributed by atoms with Crippen molar-refractivity contribution in [3.8, 4) is 17.2 Å². The molecule has 0 aromatic heterocycles. The van der Waals surface area contributed by atoms with Gasteiger partial charge in [-0.25, -0.2) is 0 Å². The van der Waals surface area contributed by atoms with Gasteiger partial charge in [0.2, 0.25) is 5.75 Å². The van der Waals surface area contributed by atoms with Crippen molar-refractivity contribution in [1.82, 2.24) is 4.90 Å². The number of benzene rings is 2. The number of rotatable bonds is 9. The molecule has 0 unspecified atom stereocenters. The van der Waals surface area contributed by atoms with Crippen molar-refractivity contribution in [2.24, 2.45) is 0 Å². The summed E-state index contributed by atoms with van der Waals surface area (Å²) in [6.07, 6.45) is -0.0298. The lowest BCUT2D eigenvalue weighted by atomic mass is 10.1. The van der Waals surface area contributed by atoms with Crippen molar-refractivity contribution in [1.29, 1.82) is 0 Å². The molecule has 2 rings (SSSR count). The maximum Gasteiger partial charge on any atom is 0.310 e. The summed E-state index contributed by atoms with van der Waals surface area (Å²) in [5.74, 6) is 0.509. The van der Waals surface area contributed by atoms with Gasteiger partial charge in [0.15, 0.2) is 18.1 Å². The van der Waals surface area contributed by atoms with Crippen LogP contribution in [0.4, 0.5) is 0 Å². The smallest absolute Gasteiger partial charge is 0.310 e. The van der Waals surface area contributed by atoms with Crippen molar-refractivity contribution in [2.45, 2.75) is 13.0 Å². The molecule has 0 radical (unpaired) electrons. The lowest BCUT2D eigenvalue weighted by Gasteiger charge is -2.18. The number of likely N-dealkylation sites (N-methyl/N-ethyl adjacent to an activating group) is 1. The number of amides is 1. The number of ether oxygens (including phenoxy) is 4. The van der Waals surface area contributed by atoms with Crippen LogP contribution in [-0.4, -0.2) is 51.8 Å². The van der Waals surface area contributed by atoms with Gasteiger partial charge in [0, 0.05) is 18.1 Å². The van der Waals surface area contributed by atoms with Crippen molar-refractivity contribution < 1.29 is 28.5 Å². The van der Waals surface area contributed by atoms with Crippen molar-refractivity contribution in [3.05, 3.63) is 52.0 Å². The van der Waals surface area contributed by atoms with Gasteiger partial charge in [-0.1, -0.05) is 34.1 Å². The average Bonchev–Trinajstić information content (AvgIpc) is 2.72. The highest BCUT2D eigenvalue weighted by Crippen LogP contribution is 2.38. The highest BCUT2D eigenvalue weighted by molar-refractivity contribution is 9.10. The Morgan fingerprint density at radius 1 is 1.00 bits per heavy atom. The third-order valence-electron chi connectivity index (χ3n) is 4.22. The zero-order valence-corrected chi connectivity index (χ0v) is 18.4. The lowest BCUT2D eigenvalue weighted by Crippen LogP contribution is -2.31. The first kappa shape index (κ1) is 22.5. The van der Waals surface area contributed by atoms with E-state index < -0.39 is 5.97 Å². The summed E-state index contributed by atoms with van der Waals surface area (Å²) in [4.78, 5) is 26.0. The van der Waals surface area contributed by atoms with Gasteiger partial charge in [-0.05, 0) is 29.3 Å². The van der Waals surface area contributed by atoms with Crippen LogP contribution in [0.1, 0.15) is 11.1 Å². The van der Waals surface area contributed by atoms with Gasteiger partial charge in [-0.3, -0.25) is 9.59 Å². The predicted molar refractivity (Wildman–Crippen MR) is 111 cm³/mol. The maximum absolute atomic E-state index is 12.3. The molecule has 0 heterocycles. The van der Waals surface area contributed by atoms with Crippen molar-refractivity contribution >= 4 is 27.8 Å². The van der Waals surface area contributed by atoms with E-state index in [0.717, 1.165) is 10.0 Å². The number of hydrogen-bond acceptors (Lipinski definition) is 6. The fraction of sp³-hybridized carbons (Fsp3) is 0.333. The van der Waals surface area contributed by atoms with Crippen LogP contribution in [-0.2, 0) is 27.3 Å². The monoisotopic (exact) mass is 465 g/mol. The minimum atomic E-state index is -0.526. The number of methoxy groups -OCH3 is 3. The number of carbonyl (C=O) groups is 2. The first-order valence-corrected chi connectivity index (χ1v) is 9.60. The van der Waals surface area contributed by atoms with Crippen LogP contribution in [0, 0.1) is 0 Å². The first-order chi connectivity index (χ1) is 13.9. The predicted octanol–water partition coefficient (Wildman–Crippen LogP) is 3.22. The van der Waals surface area contributed by atoms with Crippen LogP contribution >= 0.6 is 15.9 Å². The quantitative estimate of drug-likeness (QED) is 0.529. The zero-order chi connectivity index (χ0) is 21.4. The Bertz CT molecular complexity index is 845. The van der Waals surface area contributed by atoms with Crippen molar-refractivity contribution in [3.63, 3.8) is 0 Å². The molecule has 7 nitrogen and oxygen atoms in total. The standard InChI is InChI=1S/C21H24BrNO6/c1-23(12-15-7-5-6-8-16(15)22)19(24)13-29-20(25)11-14-9-17(26-2)21(28-4)18(10-14)27-3/h5-10H,11-13H2,1-4H3. The van der Waals surface area contributed by atoms with E-state index in [0.29, 0.717) is 29.4 Å². The Labute approximate surface area is 178 Å². The first-order valence-electron chi connectivity index (χ1n) is 8.81. The SMILES string of the molecule is COc1cc(CC(=O)OCC(=O)N(C)Cc2ccccc2Br)cc(OC)c1OC. The molecular formula is C21H24BrNO6. The molecule has 0 N–H and O–H groups in total. The van der Waals surface area contributed by atoms with E-state index >= 15 is 0 Å². The molecule has 0 atom stereocenters. The van der Waals surface area contributed by atoms with Gasteiger partial charge in [0.25, 0.3) is 5.91 Å². The summed E-state index contributed by atoms with van der Waals surface area (Å²) < 4.78 is 21.9. The molecule has 0 saturated heterocycles. The molecule has 156 valence electrons. The summed E-state index contributed by atoms with van der Waals surface area (Å²) in [7, 11) is 6.16. The zero-order valence-electron chi connectivity index (χ0n) is 16.9. The molecule has 2 aromatic rings. The minimum Gasteiger partial charge on any atom is -0.493 e. The Hall–Kier alpha value is -2.74. The van der Waals surface area contributed by atoms with Crippen LogP contribution < -0.4 is 14.2 Å². The normalized spacial score (nSPS) is 10.2. The molecular weight excluding hydrogens is 442 g/mol. The van der Waals surface area contributed by atoms with Gasteiger partial charge in [0.05, 0.1) is 27.8 Å². The summed E-state index contributed by atoms with van der Waals surface area (Å²) in [6.45, 7) is 0.0783. The van der Waals surface area contributed by atoms with Crippen molar-refractivity contribution in [2.75, 3.05) is 35.0 Å². The molecule has 0 saturated carbocycles. The van der Waals surface area contributed by atoms with Crippen LogP contribution in [0.3, 0.4) is 0 Å². The molecule has 2 aromatic carbocycles. The van der Waals surface area contributed by atoms with E-state index in [4.69, 9.17) is 18.9 Å². The van der Waals surface area contributed by atoms with E-state index in [1.807, 2.05) is 24.3 Å². The molecule has 1 amide bonds. The summed E-state index contributed by atoms with van der Waals surface area (Å²) in [5, 5.41) is 0. The topological polar surface area (TPSA) is 74.3 Å². The summed E-state index contributed by atoms with van der Waals surface area (Å²) in [6, 6.07) is 11.0. The Morgan fingerprint density at radius 2 is 1.62 bits per heavy atom. The van der Waals surface area contributed by atoms with Gasteiger partial charge in [0.1, 0.15) is 0 Å². The van der Waals surface area contributed by atoms with Crippen LogP contribution in [0.2, 0.25) is 0 Å². The highest BCUT2D eigenvalue weighted by Gasteiger charge is 2.17. The van der Waals surface area contributed by atoms with Gasteiger partial charge in [-0.2, -0.15) is 0 Å². The molecule has 0 aliphatic carbocycles. The van der Waals surface area contributed by atoms with Crippen LogP contribution in [0.15, 0.2) is 40.9 Å². The highest BCUT2D eigenvalue weighted by atomic mass is 79.9. The Morgan fingerprint density at radius 3 is 2.17 bits per heavy atom. The lowest BCUT2D eigenvalue weighted by molar-refractivity contribution is -0.151. The second-order valence-electron chi connectivity index (χ2n) is 6.21. The number of nitrogens with zero attached hydrogens (tertiary/aromatic N) is 1. The number of esters is 1. The van der Waals surface area contributed by atoms with E-state index in [2.05, 4.69) is 15.9 Å². The molecule has 8 heteroatoms. The second kappa shape index (κ2) is 10.7. The average molecular weight is 466 g/mol. The van der Waals surface area contributed by atoms with Crippen LogP contribution in [0.5, 0.6) is 17.2 Å². The summed E-state index contributed by atoms with van der Waals surface area (Å²) in [5.41, 5.74) is 1.59. The Balaban J connectivity index is 1.94. The van der Waals surface area contributed by atoms with E-state index in [9.17, 15) is 9.59 Å². The molecule has 0 aliphatic heterocycles. The second-order valence-corrected chi connectivity index (χ2v) is 7.07. The van der Waals surface area contributed by atoms with E-state index in [-0.39, 0.29) is 18.9 Å². The third-order valence-corrected chi connectivity index (χ3v) is 4.99. The van der Waals surface area contributed by atoms with E-state index in [1.54, 1.807) is 19.2 Å². The van der Waals surface area contributed by atoms with Gasteiger partial charge >= 0.3 is 5.97 Å². The van der Waals surface area contributed by atoms with Gasteiger partial charge < -0.3 is 23.8 Å². The maximum atomic E-state index is 12.3. The number of halogens is 1. The van der Waals surface area contributed by atoms with E-state index in [1.165, 1.54) is 26.2 Å².